The van der Waals surface area contributed by atoms with Gasteiger partial charge in [-0.2, -0.15) is 0 Å². The van der Waals surface area contributed by atoms with Crippen LogP contribution in [-0.4, -0.2) is 17.9 Å². The maximum atomic E-state index is 5.81. The Balaban J connectivity index is 0.00000144. The smallest absolute Gasteiger partial charge is 0.121 e. The van der Waals surface area contributed by atoms with E-state index >= 15 is 0 Å². The molecule has 13 heavy (non-hydrogen) atoms. The molecule has 1 heterocycles. The highest BCUT2D eigenvalue weighted by atomic mass is 35.5. The van der Waals surface area contributed by atoms with Gasteiger partial charge in [-0.3, -0.25) is 5.32 Å². The molecule has 0 spiro atoms. The molecule has 1 fully saturated rings. The van der Waals surface area contributed by atoms with Crippen LogP contribution in [0.2, 0.25) is 0 Å². The minimum absolute atomic E-state index is 0. The molecule has 1 aliphatic rings. The third kappa shape index (κ3) is 2.58. The lowest BCUT2D eigenvalue weighted by Gasteiger charge is -2.38. The molecule has 0 bridgehead atoms. The maximum absolute atomic E-state index is 5.81. The van der Waals surface area contributed by atoms with E-state index in [2.05, 4.69) is 46.9 Å². The predicted octanol–water partition coefficient (Wildman–Crippen LogP) is 2.57. The number of hydrogen-bond donors (Lipinski definition) is 1. The minimum Gasteiger partial charge on any atom is -0.358 e. The Labute approximate surface area is 87.8 Å². The highest BCUT2D eigenvalue weighted by Gasteiger charge is 2.47. The summed E-state index contributed by atoms with van der Waals surface area (Å²) in [4.78, 5) is 0. The van der Waals surface area contributed by atoms with E-state index < -0.39 is 0 Å². The molecule has 1 atom stereocenters. The highest BCUT2D eigenvalue weighted by Crippen LogP contribution is 2.37. The van der Waals surface area contributed by atoms with Crippen molar-refractivity contribution in [1.82, 2.24) is 5.32 Å². The fourth-order valence-corrected chi connectivity index (χ4v) is 1.45. The van der Waals surface area contributed by atoms with E-state index in [-0.39, 0.29) is 29.1 Å². The third-order valence-electron chi connectivity index (χ3n) is 2.73. The molecule has 0 radical (unpaired) electrons. The van der Waals surface area contributed by atoms with Gasteiger partial charge in [-0.15, -0.1) is 12.4 Å². The van der Waals surface area contributed by atoms with Gasteiger partial charge in [-0.1, -0.05) is 20.8 Å². The van der Waals surface area contributed by atoms with E-state index in [1.54, 1.807) is 0 Å². The largest absolute Gasteiger partial charge is 0.358 e. The summed E-state index contributed by atoms with van der Waals surface area (Å²) in [5, 5.41) is 3.52. The minimum atomic E-state index is -0.184. The molecule has 3 heteroatoms. The fourth-order valence-electron chi connectivity index (χ4n) is 1.45. The zero-order chi connectivity index (χ0) is 9.62. The number of halogens is 1. The van der Waals surface area contributed by atoms with E-state index in [9.17, 15) is 0 Å². The van der Waals surface area contributed by atoms with Crippen LogP contribution in [-0.2, 0) is 4.74 Å². The molecule has 0 amide bonds. The molecule has 80 valence electrons. The van der Waals surface area contributed by atoms with Gasteiger partial charge in [0.05, 0.1) is 6.61 Å². The van der Waals surface area contributed by atoms with Gasteiger partial charge in [0.2, 0.25) is 0 Å². The van der Waals surface area contributed by atoms with Crippen LogP contribution in [0.5, 0.6) is 0 Å². The Hall–Kier alpha value is 0.210. The molecule has 2 nitrogen and oxygen atoms in total. The summed E-state index contributed by atoms with van der Waals surface area (Å²) in [5.74, 6) is 0. The van der Waals surface area contributed by atoms with Crippen molar-refractivity contribution in [2.45, 2.75) is 52.8 Å². The Morgan fingerprint density at radius 3 is 1.77 bits per heavy atom. The molecule has 0 saturated carbocycles. The van der Waals surface area contributed by atoms with Gasteiger partial charge in [0.15, 0.2) is 0 Å². The van der Waals surface area contributed by atoms with Gasteiger partial charge < -0.3 is 4.74 Å². The molecular formula is C10H22ClNO. The standard InChI is InChI=1S/C10H21NO.ClH/c1-8(2,3)10(6)11-9(4,5)7-12-10;/h11H,7H2,1-6H3;1H. The molecule has 1 N–H and O–H groups in total. The summed E-state index contributed by atoms with van der Waals surface area (Å²) in [6.45, 7) is 13.8. The van der Waals surface area contributed by atoms with Crippen LogP contribution < -0.4 is 5.32 Å². The van der Waals surface area contributed by atoms with Gasteiger partial charge >= 0.3 is 0 Å². The Morgan fingerprint density at radius 2 is 1.62 bits per heavy atom. The summed E-state index contributed by atoms with van der Waals surface area (Å²) in [6.07, 6.45) is 0. The van der Waals surface area contributed by atoms with E-state index in [0.29, 0.717) is 0 Å². The lowest BCUT2D eigenvalue weighted by atomic mass is 9.84. The van der Waals surface area contributed by atoms with Crippen LogP contribution >= 0.6 is 12.4 Å². The van der Waals surface area contributed by atoms with Gasteiger partial charge in [0.25, 0.3) is 0 Å². The topological polar surface area (TPSA) is 21.3 Å². The summed E-state index contributed by atoms with van der Waals surface area (Å²) in [5.41, 5.74) is 0.0688. The second-order valence-corrected chi connectivity index (χ2v) is 5.58. The number of ether oxygens (including phenoxy) is 1. The summed E-state index contributed by atoms with van der Waals surface area (Å²) >= 11 is 0. The summed E-state index contributed by atoms with van der Waals surface area (Å²) < 4.78 is 5.81. The van der Waals surface area contributed by atoms with E-state index in [1.165, 1.54) is 0 Å². The van der Waals surface area contributed by atoms with Crippen LogP contribution in [0.4, 0.5) is 0 Å². The molecule has 1 rings (SSSR count). The molecule has 0 aromatic carbocycles. The summed E-state index contributed by atoms with van der Waals surface area (Å²) in [7, 11) is 0. The molecular weight excluding hydrogens is 186 g/mol. The van der Waals surface area contributed by atoms with Crippen LogP contribution in [0.25, 0.3) is 0 Å². The van der Waals surface area contributed by atoms with Crippen LogP contribution in [0.3, 0.4) is 0 Å². The Morgan fingerprint density at radius 1 is 1.15 bits per heavy atom. The average molecular weight is 208 g/mol. The Kier molecular flexibility index (Phi) is 3.47. The second kappa shape index (κ2) is 3.41. The number of nitrogens with one attached hydrogen (secondary N) is 1. The molecule has 1 saturated heterocycles. The Bertz CT molecular complexity index is 186. The average Bonchev–Trinajstić information content (AvgIpc) is 2.05. The third-order valence-corrected chi connectivity index (χ3v) is 2.73. The maximum Gasteiger partial charge on any atom is 0.121 e. The van der Waals surface area contributed by atoms with Gasteiger partial charge in [-0.05, 0) is 20.8 Å². The first-order valence-electron chi connectivity index (χ1n) is 4.60. The van der Waals surface area contributed by atoms with Crippen molar-refractivity contribution >= 4 is 12.4 Å². The molecule has 1 aliphatic heterocycles. The number of rotatable bonds is 0. The van der Waals surface area contributed by atoms with Crippen molar-refractivity contribution in [2.24, 2.45) is 5.41 Å². The van der Waals surface area contributed by atoms with Crippen LogP contribution in [0.1, 0.15) is 41.5 Å². The van der Waals surface area contributed by atoms with E-state index in [4.69, 9.17) is 4.74 Å². The van der Waals surface area contributed by atoms with Gasteiger partial charge in [0.1, 0.15) is 5.72 Å². The summed E-state index contributed by atoms with van der Waals surface area (Å²) in [6, 6.07) is 0. The van der Waals surface area contributed by atoms with Crippen LogP contribution in [0, 0.1) is 5.41 Å². The zero-order valence-corrected chi connectivity index (χ0v) is 10.3. The highest BCUT2D eigenvalue weighted by molar-refractivity contribution is 5.85. The van der Waals surface area contributed by atoms with Crippen molar-refractivity contribution in [2.75, 3.05) is 6.61 Å². The van der Waals surface area contributed by atoms with Crippen molar-refractivity contribution in [1.29, 1.82) is 0 Å². The van der Waals surface area contributed by atoms with Crippen molar-refractivity contribution < 1.29 is 4.74 Å². The lowest BCUT2D eigenvalue weighted by molar-refractivity contribution is -0.0766. The zero-order valence-electron chi connectivity index (χ0n) is 9.52. The first-order chi connectivity index (χ1) is 5.16. The predicted molar refractivity (Wildman–Crippen MR) is 58.3 cm³/mol. The SMILES string of the molecule is CC1(C)COC(C)(C(C)(C)C)N1.Cl. The van der Waals surface area contributed by atoms with Crippen molar-refractivity contribution in [3.8, 4) is 0 Å². The molecule has 1 unspecified atom stereocenters. The van der Waals surface area contributed by atoms with E-state index in [1.807, 2.05) is 0 Å². The monoisotopic (exact) mass is 207 g/mol. The second-order valence-electron chi connectivity index (χ2n) is 5.58. The normalized spacial score (nSPS) is 32.8. The van der Waals surface area contributed by atoms with Gasteiger partial charge in [-0.25, -0.2) is 0 Å². The molecule has 0 aliphatic carbocycles. The lowest BCUT2D eigenvalue weighted by Crippen LogP contribution is -2.54. The van der Waals surface area contributed by atoms with Crippen LogP contribution in [0.15, 0.2) is 0 Å². The first-order valence-corrected chi connectivity index (χ1v) is 4.60. The molecule has 0 aromatic heterocycles. The van der Waals surface area contributed by atoms with Crippen molar-refractivity contribution in [3.05, 3.63) is 0 Å². The van der Waals surface area contributed by atoms with Gasteiger partial charge in [0, 0.05) is 11.0 Å². The molecule has 0 aromatic rings. The quantitative estimate of drug-likeness (QED) is 0.660. The fraction of sp³-hybridized carbons (Fsp3) is 1.00. The number of hydrogen-bond acceptors (Lipinski definition) is 2. The first kappa shape index (κ1) is 13.2. The van der Waals surface area contributed by atoms with Crippen molar-refractivity contribution in [3.63, 3.8) is 0 Å². The van der Waals surface area contributed by atoms with E-state index in [0.717, 1.165) is 6.61 Å².